The van der Waals surface area contributed by atoms with Gasteiger partial charge in [0, 0.05) is 56.4 Å². The van der Waals surface area contributed by atoms with E-state index < -0.39 is 0 Å². The zero-order valence-electron chi connectivity index (χ0n) is 28.3. The molecule has 0 saturated heterocycles. The van der Waals surface area contributed by atoms with Gasteiger partial charge >= 0.3 is 0 Å². The number of aryl methyl sites for hydroxylation is 2. The van der Waals surface area contributed by atoms with Gasteiger partial charge in [-0.3, -0.25) is 9.59 Å². The molecular formula is C37H51N3O2Ti. The van der Waals surface area contributed by atoms with Crippen LogP contribution in [0, 0.1) is 13.8 Å². The molecule has 1 aliphatic rings. The minimum absolute atomic E-state index is 0. The van der Waals surface area contributed by atoms with Crippen molar-refractivity contribution in [1.29, 1.82) is 0 Å². The third-order valence-corrected chi connectivity index (χ3v) is 7.98. The number of hydrogen-bond acceptors (Lipinski definition) is 3. The molecule has 0 atom stereocenters. The van der Waals surface area contributed by atoms with E-state index in [1.807, 2.05) is 19.9 Å². The number of amides is 2. The first-order valence-electron chi connectivity index (χ1n) is 15.4. The van der Waals surface area contributed by atoms with Crippen LogP contribution in [0.4, 0.5) is 0 Å². The molecule has 0 fully saturated rings. The minimum Gasteiger partial charge on any atom is -0.356 e. The van der Waals surface area contributed by atoms with Gasteiger partial charge in [0.1, 0.15) is 0 Å². The Hall–Kier alpha value is -2.89. The largest absolute Gasteiger partial charge is 0.356 e. The van der Waals surface area contributed by atoms with Crippen LogP contribution in [0.5, 0.6) is 0 Å². The first kappa shape index (κ1) is 36.3. The molecule has 3 N–H and O–H groups in total. The number of hydrogen-bond donors (Lipinski definition) is 3. The van der Waals surface area contributed by atoms with E-state index in [0.29, 0.717) is 6.42 Å². The van der Waals surface area contributed by atoms with Gasteiger partial charge in [0.25, 0.3) is 11.8 Å². The predicted molar refractivity (Wildman–Crippen MR) is 176 cm³/mol. The Morgan fingerprint density at radius 2 is 1.00 bits per heavy atom. The van der Waals surface area contributed by atoms with Crippen molar-refractivity contribution in [3.05, 3.63) is 104 Å². The van der Waals surface area contributed by atoms with Gasteiger partial charge in [-0.05, 0) is 79.7 Å². The number of carbonyl (C=O) groups is 2. The molecule has 0 aromatic heterocycles. The fourth-order valence-corrected chi connectivity index (χ4v) is 5.66. The van der Waals surface area contributed by atoms with E-state index in [4.69, 9.17) is 0 Å². The zero-order valence-corrected chi connectivity index (χ0v) is 29.9. The van der Waals surface area contributed by atoms with Gasteiger partial charge in [-0.25, -0.2) is 0 Å². The summed E-state index contributed by atoms with van der Waals surface area (Å²) in [7, 11) is 0. The molecule has 2 aromatic carbocycles. The maximum atomic E-state index is 13.7. The summed E-state index contributed by atoms with van der Waals surface area (Å²) in [6.07, 6.45) is 4.71. The second-order valence-electron chi connectivity index (χ2n) is 13.0. The normalized spacial score (nSPS) is 15.4. The van der Waals surface area contributed by atoms with Crippen molar-refractivity contribution in [1.82, 2.24) is 16.0 Å². The van der Waals surface area contributed by atoms with Crippen LogP contribution in [-0.4, -0.2) is 11.8 Å². The monoisotopic (exact) mass is 617 g/mol. The quantitative estimate of drug-likeness (QED) is 0.259. The molecule has 0 saturated carbocycles. The maximum Gasteiger partial charge on any atom is 0.256 e. The fourth-order valence-electron chi connectivity index (χ4n) is 5.66. The standard InChI is InChI=1S/C37H51N3O2.Ti/c1-20(2)28-16-24(9)17-29(21(3)4)34(28)36(41)38-26(11)32-14-13-15-33(40-32)27(12)39-37(42)35-30(22(5)6)18-25(10)19-31(35)23(7)8;/h13-14,16-23,40H,15H2,1-12H3,(H,38,41)(H,39,42);. The molecular weight excluding hydrogens is 566 g/mol. The molecule has 0 radical (unpaired) electrons. The average molecular weight is 618 g/mol. The molecule has 43 heavy (non-hydrogen) atoms. The summed E-state index contributed by atoms with van der Waals surface area (Å²) in [6, 6.07) is 8.52. The van der Waals surface area contributed by atoms with Crippen molar-refractivity contribution < 1.29 is 31.3 Å². The Balaban J connectivity index is 0.00000645. The third-order valence-electron chi connectivity index (χ3n) is 7.98. The average Bonchev–Trinajstić information content (AvgIpc) is 2.91. The summed E-state index contributed by atoms with van der Waals surface area (Å²) in [4.78, 5) is 27.4. The molecule has 0 aliphatic carbocycles. The van der Waals surface area contributed by atoms with Crippen molar-refractivity contribution in [2.75, 3.05) is 0 Å². The van der Waals surface area contributed by atoms with Gasteiger partial charge in [0.15, 0.2) is 0 Å². The molecule has 5 nitrogen and oxygen atoms in total. The summed E-state index contributed by atoms with van der Waals surface area (Å²) in [6.45, 7) is 25.1. The van der Waals surface area contributed by atoms with E-state index in [1.165, 1.54) is 11.1 Å². The predicted octanol–water partition coefficient (Wildman–Crippen LogP) is 8.97. The Labute approximate surface area is 275 Å². The van der Waals surface area contributed by atoms with Crippen LogP contribution in [0.25, 0.3) is 0 Å². The van der Waals surface area contributed by atoms with Crippen molar-refractivity contribution in [2.24, 2.45) is 0 Å². The number of allylic oxidation sites excluding steroid dienone is 4. The van der Waals surface area contributed by atoms with Crippen LogP contribution >= 0.6 is 0 Å². The number of carbonyl (C=O) groups excluding carboxylic acids is 2. The minimum atomic E-state index is -0.0921. The number of rotatable bonds is 8. The fraction of sp³-hybridized carbons (Fsp3) is 0.459. The Morgan fingerprint density at radius 3 is 1.35 bits per heavy atom. The maximum absolute atomic E-state index is 13.7. The summed E-state index contributed by atoms with van der Waals surface area (Å²) in [5, 5.41) is 9.82. The molecule has 1 heterocycles. The molecule has 1 aliphatic heterocycles. The van der Waals surface area contributed by atoms with Gasteiger partial charge in [-0.2, -0.15) is 0 Å². The molecule has 6 heteroatoms. The van der Waals surface area contributed by atoms with Gasteiger partial charge in [0.05, 0.1) is 5.70 Å². The van der Waals surface area contributed by atoms with Crippen LogP contribution in [0.2, 0.25) is 0 Å². The van der Waals surface area contributed by atoms with Crippen molar-refractivity contribution in [3.8, 4) is 0 Å². The van der Waals surface area contributed by atoms with Gasteiger partial charge in [-0.15, -0.1) is 0 Å². The Bertz CT molecular complexity index is 1400. The second kappa shape index (κ2) is 15.2. The SMILES string of the molecule is CC(NC(=O)c1c(C(C)C)cc(C)cc1C(C)C)=C1C=CCC(=C(C)NC(=O)c2c(C(C)C)cc(C)cc2C(C)C)N1.[Ti]. The topological polar surface area (TPSA) is 70.2 Å². The van der Waals surface area contributed by atoms with Crippen LogP contribution in [-0.2, 0) is 21.7 Å². The van der Waals surface area contributed by atoms with E-state index in [2.05, 4.69) is 116 Å². The first-order valence-corrected chi connectivity index (χ1v) is 15.4. The zero-order chi connectivity index (χ0) is 31.5. The van der Waals surface area contributed by atoms with E-state index in [9.17, 15) is 9.59 Å². The molecule has 230 valence electrons. The molecule has 0 unspecified atom stereocenters. The van der Waals surface area contributed by atoms with Crippen molar-refractivity contribution in [2.45, 2.75) is 113 Å². The molecule has 3 rings (SSSR count). The summed E-state index contributed by atoms with van der Waals surface area (Å²) < 4.78 is 0. The molecule has 2 aromatic rings. The first-order chi connectivity index (χ1) is 19.6. The third kappa shape index (κ3) is 8.61. The van der Waals surface area contributed by atoms with E-state index >= 15 is 0 Å². The smallest absolute Gasteiger partial charge is 0.256 e. The van der Waals surface area contributed by atoms with Crippen LogP contribution < -0.4 is 16.0 Å². The molecule has 2 amide bonds. The van der Waals surface area contributed by atoms with Crippen molar-refractivity contribution >= 4 is 11.8 Å². The molecule has 0 spiro atoms. The Morgan fingerprint density at radius 1 is 0.651 bits per heavy atom. The van der Waals surface area contributed by atoms with E-state index in [-0.39, 0.29) is 57.2 Å². The van der Waals surface area contributed by atoms with Crippen LogP contribution in [0.3, 0.4) is 0 Å². The Kier molecular flexibility index (Phi) is 12.8. The van der Waals surface area contributed by atoms with Gasteiger partial charge in [0.2, 0.25) is 0 Å². The van der Waals surface area contributed by atoms with Crippen LogP contribution in [0.15, 0.2) is 59.2 Å². The van der Waals surface area contributed by atoms with E-state index in [0.717, 1.165) is 56.2 Å². The van der Waals surface area contributed by atoms with E-state index in [1.54, 1.807) is 0 Å². The van der Waals surface area contributed by atoms with Gasteiger partial charge < -0.3 is 16.0 Å². The number of nitrogens with one attached hydrogen (secondary N) is 3. The summed E-state index contributed by atoms with van der Waals surface area (Å²) in [5.41, 5.74) is 11.4. The summed E-state index contributed by atoms with van der Waals surface area (Å²) in [5.74, 6) is 0.741. The second-order valence-corrected chi connectivity index (χ2v) is 13.0. The molecule has 0 bridgehead atoms. The van der Waals surface area contributed by atoms with Gasteiger partial charge in [-0.1, -0.05) is 96.9 Å². The van der Waals surface area contributed by atoms with Crippen molar-refractivity contribution in [3.63, 3.8) is 0 Å². The number of benzene rings is 2. The van der Waals surface area contributed by atoms with Crippen LogP contribution in [0.1, 0.15) is 153 Å². The summed E-state index contributed by atoms with van der Waals surface area (Å²) >= 11 is 0.